The van der Waals surface area contributed by atoms with Gasteiger partial charge in [0.05, 0.1) is 5.52 Å². The Kier molecular flexibility index (Phi) is 4.01. The van der Waals surface area contributed by atoms with Crippen molar-refractivity contribution < 1.29 is 4.79 Å². The van der Waals surface area contributed by atoms with Crippen molar-refractivity contribution >= 4 is 40.0 Å². The molecule has 0 spiro atoms. The molecule has 1 N–H and O–H groups in total. The van der Waals surface area contributed by atoms with Crippen molar-refractivity contribution in [2.24, 2.45) is 0 Å². The van der Waals surface area contributed by atoms with Crippen LogP contribution in [0.2, 0.25) is 10.0 Å². The maximum absolute atomic E-state index is 11.9. The van der Waals surface area contributed by atoms with Gasteiger partial charge in [0.2, 0.25) is 0 Å². The molecular formula is C17H12Cl2N2O. The Bertz CT molecular complexity index is 860. The first-order chi connectivity index (χ1) is 10.6. The second-order valence-electron chi connectivity index (χ2n) is 4.80. The van der Waals surface area contributed by atoms with Crippen LogP contribution in [0.25, 0.3) is 22.0 Å². The molecule has 0 saturated carbocycles. The van der Waals surface area contributed by atoms with Crippen LogP contribution in [0.1, 0.15) is 10.5 Å². The van der Waals surface area contributed by atoms with E-state index >= 15 is 0 Å². The lowest BCUT2D eigenvalue weighted by Crippen LogP contribution is -2.19. The summed E-state index contributed by atoms with van der Waals surface area (Å²) in [4.78, 5) is 16.3. The van der Waals surface area contributed by atoms with Gasteiger partial charge in [0.1, 0.15) is 5.69 Å². The van der Waals surface area contributed by atoms with E-state index in [2.05, 4.69) is 10.3 Å². The number of nitrogens with zero attached hydrogens (tertiary/aromatic N) is 1. The predicted molar refractivity (Wildman–Crippen MR) is 90.6 cm³/mol. The van der Waals surface area contributed by atoms with Gasteiger partial charge in [-0.15, -0.1) is 0 Å². The first kappa shape index (κ1) is 14.8. The molecule has 0 radical (unpaired) electrons. The summed E-state index contributed by atoms with van der Waals surface area (Å²) in [6.07, 6.45) is 0. The van der Waals surface area contributed by atoms with E-state index in [1.807, 2.05) is 36.4 Å². The fraction of sp³-hybridized carbons (Fsp3) is 0.0588. The molecule has 0 fully saturated rings. The number of aromatic nitrogens is 1. The first-order valence-electron chi connectivity index (χ1n) is 6.67. The average Bonchev–Trinajstić information content (AvgIpc) is 2.54. The molecule has 3 rings (SSSR count). The van der Waals surface area contributed by atoms with E-state index in [0.717, 1.165) is 22.0 Å². The molecule has 3 aromatic rings. The quantitative estimate of drug-likeness (QED) is 0.747. The molecule has 0 unspecified atom stereocenters. The summed E-state index contributed by atoms with van der Waals surface area (Å²) < 4.78 is 0. The Labute approximate surface area is 137 Å². The van der Waals surface area contributed by atoms with Crippen molar-refractivity contribution in [3.8, 4) is 11.1 Å². The lowest BCUT2D eigenvalue weighted by atomic mass is 10.00. The summed E-state index contributed by atoms with van der Waals surface area (Å²) in [6, 6.07) is 14.6. The Morgan fingerprint density at radius 3 is 2.36 bits per heavy atom. The summed E-state index contributed by atoms with van der Waals surface area (Å²) >= 11 is 12.1. The number of carbonyl (C=O) groups is 1. The fourth-order valence-corrected chi connectivity index (χ4v) is 2.61. The molecular weight excluding hydrogens is 319 g/mol. The Morgan fingerprint density at radius 1 is 1.00 bits per heavy atom. The standard InChI is InChI=1S/C17H12Cl2N2O/c1-20-17(22)16-9-13(10-2-4-11(18)5-3-10)14-8-12(19)6-7-15(14)21-16/h2-9H,1H3,(H,20,22). The van der Waals surface area contributed by atoms with Crippen molar-refractivity contribution in [1.29, 1.82) is 0 Å². The van der Waals surface area contributed by atoms with Gasteiger partial charge in [0, 0.05) is 22.5 Å². The van der Waals surface area contributed by atoms with E-state index in [-0.39, 0.29) is 5.91 Å². The highest BCUT2D eigenvalue weighted by Gasteiger charge is 2.12. The van der Waals surface area contributed by atoms with Crippen molar-refractivity contribution in [3.63, 3.8) is 0 Å². The molecule has 0 aliphatic rings. The van der Waals surface area contributed by atoms with Gasteiger partial charge in [0.15, 0.2) is 0 Å². The number of fused-ring (bicyclic) bond motifs is 1. The minimum atomic E-state index is -0.230. The number of hydrogen-bond acceptors (Lipinski definition) is 2. The van der Waals surface area contributed by atoms with Crippen LogP contribution in [-0.2, 0) is 0 Å². The lowest BCUT2D eigenvalue weighted by molar-refractivity contribution is 0.0958. The molecule has 110 valence electrons. The second-order valence-corrected chi connectivity index (χ2v) is 5.68. The van der Waals surface area contributed by atoms with Gasteiger partial charge < -0.3 is 5.32 Å². The molecule has 0 aliphatic heterocycles. The van der Waals surface area contributed by atoms with Crippen molar-refractivity contribution in [2.45, 2.75) is 0 Å². The molecule has 0 saturated heterocycles. The minimum absolute atomic E-state index is 0.230. The highest BCUT2D eigenvalue weighted by atomic mass is 35.5. The largest absolute Gasteiger partial charge is 0.354 e. The average molecular weight is 331 g/mol. The first-order valence-corrected chi connectivity index (χ1v) is 7.42. The van der Waals surface area contributed by atoms with Crippen LogP contribution in [0, 0.1) is 0 Å². The maximum atomic E-state index is 11.9. The molecule has 22 heavy (non-hydrogen) atoms. The maximum Gasteiger partial charge on any atom is 0.269 e. The zero-order valence-corrected chi connectivity index (χ0v) is 13.2. The lowest BCUT2D eigenvalue weighted by Gasteiger charge is -2.10. The second kappa shape index (κ2) is 5.95. The fourth-order valence-electron chi connectivity index (χ4n) is 2.31. The van der Waals surface area contributed by atoms with Crippen LogP contribution < -0.4 is 5.32 Å². The Balaban J connectivity index is 2.31. The van der Waals surface area contributed by atoms with Crippen molar-refractivity contribution in [2.75, 3.05) is 7.05 Å². The van der Waals surface area contributed by atoms with Crippen LogP contribution in [0.5, 0.6) is 0 Å². The Hall–Kier alpha value is -2.10. The van der Waals surface area contributed by atoms with Gasteiger partial charge >= 0.3 is 0 Å². The molecule has 2 aromatic carbocycles. The number of nitrogens with one attached hydrogen (secondary N) is 1. The van der Waals surface area contributed by atoms with Gasteiger partial charge in [-0.2, -0.15) is 0 Å². The highest BCUT2D eigenvalue weighted by Crippen LogP contribution is 2.31. The normalized spacial score (nSPS) is 10.7. The smallest absolute Gasteiger partial charge is 0.269 e. The third-order valence-corrected chi connectivity index (χ3v) is 3.87. The summed E-state index contributed by atoms with van der Waals surface area (Å²) in [5.74, 6) is -0.230. The van der Waals surface area contributed by atoms with Crippen LogP contribution in [-0.4, -0.2) is 17.9 Å². The van der Waals surface area contributed by atoms with Gasteiger partial charge in [-0.1, -0.05) is 35.3 Å². The van der Waals surface area contributed by atoms with Gasteiger partial charge in [-0.25, -0.2) is 4.98 Å². The molecule has 0 bridgehead atoms. The van der Waals surface area contributed by atoms with Crippen LogP contribution in [0.4, 0.5) is 0 Å². The number of benzene rings is 2. The third kappa shape index (κ3) is 2.78. The number of pyridine rings is 1. The number of hydrogen-bond donors (Lipinski definition) is 1. The summed E-state index contributed by atoms with van der Waals surface area (Å²) in [5, 5.41) is 4.77. The minimum Gasteiger partial charge on any atom is -0.354 e. The summed E-state index contributed by atoms with van der Waals surface area (Å²) in [5.41, 5.74) is 2.92. The number of halogens is 2. The van der Waals surface area contributed by atoms with E-state index < -0.39 is 0 Å². The third-order valence-electron chi connectivity index (χ3n) is 3.39. The molecule has 1 heterocycles. The Morgan fingerprint density at radius 2 is 1.68 bits per heavy atom. The zero-order valence-electron chi connectivity index (χ0n) is 11.7. The topological polar surface area (TPSA) is 42.0 Å². The van der Waals surface area contributed by atoms with E-state index in [0.29, 0.717) is 15.7 Å². The van der Waals surface area contributed by atoms with E-state index in [1.165, 1.54) is 0 Å². The van der Waals surface area contributed by atoms with Gasteiger partial charge in [0.25, 0.3) is 5.91 Å². The molecule has 1 amide bonds. The van der Waals surface area contributed by atoms with Crippen LogP contribution in [0.15, 0.2) is 48.5 Å². The van der Waals surface area contributed by atoms with E-state index in [1.54, 1.807) is 19.2 Å². The van der Waals surface area contributed by atoms with E-state index in [9.17, 15) is 4.79 Å². The zero-order chi connectivity index (χ0) is 15.7. The summed E-state index contributed by atoms with van der Waals surface area (Å²) in [7, 11) is 1.58. The number of amides is 1. The monoisotopic (exact) mass is 330 g/mol. The van der Waals surface area contributed by atoms with Crippen molar-refractivity contribution in [3.05, 3.63) is 64.3 Å². The SMILES string of the molecule is CNC(=O)c1cc(-c2ccc(Cl)cc2)c2cc(Cl)ccc2n1. The predicted octanol–water partition coefficient (Wildman–Crippen LogP) is 4.57. The van der Waals surface area contributed by atoms with Crippen LogP contribution in [0.3, 0.4) is 0 Å². The summed E-state index contributed by atoms with van der Waals surface area (Å²) in [6.45, 7) is 0. The molecule has 5 heteroatoms. The van der Waals surface area contributed by atoms with Crippen LogP contribution >= 0.6 is 23.2 Å². The van der Waals surface area contributed by atoms with Crippen molar-refractivity contribution in [1.82, 2.24) is 10.3 Å². The number of carbonyl (C=O) groups excluding carboxylic acids is 1. The molecule has 0 aliphatic carbocycles. The van der Waals surface area contributed by atoms with Gasteiger partial charge in [-0.3, -0.25) is 4.79 Å². The number of rotatable bonds is 2. The van der Waals surface area contributed by atoms with E-state index in [4.69, 9.17) is 23.2 Å². The highest BCUT2D eigenvalue weighted by molar-refractivity contribution is 6.31. The molecule has 1 aromatic heterocycles. The molecule has 0 atom stereocenters. The van der Waals surface area contributed by atoms with Gasteiger partial charge in [-0.05, 0) is 47.5 Å². The molecule has 3 nitrogen and oxygen atoms in total.